The van der Waals surface area contributed by atoms with Crippen LogP contribution in [-0.4, -0.2) is 39.0 Å². The number of hydrogen-bond donors (Lipinski definition) is 3. The zero-order valence-electron chi connectivity index (χ0n) is 13.7. The summed E-state index contributed by atoms with van der Waals surface area (Å²) in [5, 5.41) is 14.8. The van der Waals surface area contributed by atoms with Gasteiger partial charge in [-0.3, -0.25) is 15.0 Å². The Hall–Kier alpha value is -2.36. The second-order valence-corrected chi connectivity index (χ2v) is 6.03. The predicted octanol–water partition coefficient (Wildman–Crippen LogP) is 2.15. The van der Waals surface area contributed by atoms with Gasteiger partial charge in [0.15, 0.2) is 5.69 Å². The number of ether oxygens (including phenoxy) is 1. The van der Waals surface area contributed by atoms with E-state index in [4.69, 9.17) is 4.74 Å². The molecule has 10 heteroatoms. The molecule has 0 radical (unpaired) electrons. The molecule has 1 amide bonds. The molecular formula is C15H18F3N5O2. The van der Waals surface area contributed by atoms with Gasteiger partial charge in [-0.15, -0.1) is 0 Å². The van der Waals surface area contributed by atoms with Crippen LogP contribution in [0.4, 0.5) is 13.2 Å². The van der Waals surface area contributed by atoms with Gasteiger partial charge in [0.2, 0.25) is 0 Å². The number of halogens is 3. The minimum Gasteiger partial charge on any atom is -0.369 e. The fourth-order valence-corrected chi connectivity index (χ4v) is 3.00. The van der Waals surface area contributed by atoms with E-state index in [1.165, 1.54) is 0 Å². The van der Waals surface area contributed by atoms with Crippen molar-refractivity contribution in [3.05, 3.63) is 34.4 Å². The number of aromatic nitrogens is 4. The highest BCUT2D eigenvalue weighted by atomic mass is 19.4. The molecule has 2 aromatic heterocycles. The number of carbonyl (C=O) groups is 1. The Kier molecular flexibility index (Phi) is 4.55. The van der Waals surface area contributed by atoms with Gasteiger partial charge < -0.3 is 10.1 Å². The number of nitrogens with zero attached hydrogens (tertiary/aromatic N) is 2. The van der Waals surface area contributed by atoms with Crippen molar-refractivity contribution in [2.75, 3.05) is 6.54 Å². The van der Waals surface area contributed by atoms with Crippen LogP contribution in [0.5, 0.6) is 0 Å². The van der Waals surface area contributed by atoms with Gasteiger partial charge in [0.05, 0.1) is 24.1 Å². The van der Waals surface area contributed by atoms with Crippen molar-refractivity contribution in [2.45, 2.75) is 45.1 Å². The van der Waals surface area contributed by atoms with Gasteiger partial charge in [0.25, 0.3) is 5.91 Å². The van der Waals surface area contributed by atoms with E-state index >= 15 is 0 Å². The number of alkyl halides is 3. The van der Waals surface area contributed by atoms with E-state index in [9.17, 15) is 18.0 Å². The lowest BCUT2D eigenvalue weighted by atomic mass is 9.99. The maximum absolute atomic E-state index is 12.8. The zero-order valence-corrected chi connectivity index (χ0v) is 13.7. The highest BCUT2D eigenvalue weighted by molar-refractivity contribution is 5.94. The first-order valence-corrected chi connectivity index (χ1v) is 7.87. The summed E-state index contributed by atoms with van der Waals surface area (Å²) in [6, 6.07) is 0. The fraction of sp³-hybridized carbons (Fsp3) is 0.533. The van der Waals surface area contributed by atoms with Crippen molar-refractivity contribution in [2.24, 2.45) is 0 Å². The standard InChI is InChI=1S/C15H18F3N5O2/c1-7-5-10-11(8(2)25-7)21-22-12(10)14(24)19-4-3-9-6-20-23-13(9)15(16,17)18/h6-8H,3-5H2,1-2H3,(H,19,24)(H,20,23)(H,21,22)/t7-,8+/m1/s1. The summed E-state index contributed by atoms with van der Waals surface area (Å²) < 4.78 is 44.0. The van der Waals surface area contributed by atoms with Crippen LogP contribution >= 0.6 is 0 Å². The summed E-state index contributed by atoms with van der Waals surface area (Å²) >= 11 is 0. The third-order valence-electron chi connectivity index (χ3n) is 4.13. The number of hydrogen-bond acceptors (Lipinski definition) is 4. The Morgan fingerprint density at radius 2 is 2.16 bits per heavy atom. The Morgan fingerprint density at radius 3 is 2.88 bits per heavy atom. The number of rotatable bonds is 4. The van der Waals surface area contributed by atoms with Crippen molar-refractivity contribution >= 4 is 5.91 Å². The molecule has 0 saturated heterocycles. The molecule has 3 rings (SSSR count). The van der Waals surface area contributed by atoms with Crippen LogP contribution in [0.25, 0.3) is 0 Å². The summed E-state index contributed by atoms with van der Waals surface area (Å²) in [6.07, 6.45) is -3.03. The molecule has 25 heavy (non-hydrogen) atoms. The van der Waals surface area contributed by atoms with E-state index in [1.807, 2.05) is 18.9 Å². The quantitative estimate of drug-likeness (QED) is 0.781. The molecule has 0 fully saturated rings. The van der Waals surface area contributed by atoms with Gasteiger partial charge in [0, 0.05) is 24.1 Å². The van der Waals surface area contributed by atoms with Gasteiger partial charge in [-0.2, -0.15) is 23.4 Å². The highest BCUT2D eigenvalue weighted by Gasteiger charge is 2.35. The number of nitrogens with one attached hydrogen (secondary N) is 3. The molecule has 2 atom stereocenters. The Balaban J connectivity index is 1.64. The molecule has 0 saturated carbocycles. The van der Waals surface area contributed by atoms with E-state index in [0.29, 0.717) is 6.42 Å². The molecule has 0 aliphatic carbocycles. The maximum atomic E-state index is 12.8. The second-order valence-electron chi connectivity index (χ2n) is 6.03. The largest absolute Gasteiger partial charge is 0.433 e. The average Bonchev–Trinajstić information content (AvgIpc) is 3.13. The van der Waals surface area contributed by atoms with Gasteiger partial charge in [-0.1, -0.05) is 0 Å². The molecule has 0 unspecified atom stereocenters. The molecule has 0 spiro atoms. The first kappa shape index (κ1) is 17.5. The molecule has 3 N–H and O–H groups in total. The van der Waals surface area contributed by atoms with Crippen LogP contribution < -0.4 is 5.32 Å². The Labute approximate surface area is 141 Å². The van der Waals surface area contributed by atoms with Crippen molar-refractivity contribution < 1.29 is 22.7 Å². The van der Waals surface area contributed by atoms with Crippen molar-refractivity contribution in [1.82, 2.24) is 25.7 Å². The van der Waals surface area contributed by atoms with Crippen LogP contribution in [0.1, 0.15) is 53.0 Å². The molecule has 7 nitrogen and oxygen atoms in total. The molecule has 136 valence electrons. The molecule has 0 aromatic carbocycles. The van der Waals surface area contributed by atoms with Crippen LogP contribution in [0.15, 0.2) is 6.20 Å². The van der Waals surface area contributed by atoms with Crippen LogP contribution in [0.3, 0.4) is 0 Å². The third-order valence-corrected chi connectivity index (χ3v) is 4.13. The lowest BCUT2D eigenvalue weighted by molar-refractivity contribution is -0.141. The second kappa shape index (κ2) is 6.51. The predicted molar refractivity (Wildman–Crippen MR) is 80.9 cm³/mol. The van der Waals surface area contributed by atoms with Gasteiger partial charge in [-0.25, -0.2) is 0 Å². The monoisotopic (exact) mass is 357 g/mol. The molecule has 1 aliphatic rings. The van der Waals surface area contributed by atoms with Crippen LogP contribution in [-0.2, 0) is 23.8 Å². The molecular weight excluding hydrogens is 339 g/mol. The maximum Gasteiger partial charge on any atom is 0.433 e. The van der Waals surface area contributed by atoms with Crippen molar-refractivity contribution in [3.8, 4) is 0 Å². The minimum absolute atomic E-state index is 0.00695. The SMILES string of the molecule is C[C@@H]1Cc2c(C(=O)NCCc3cn[nH]c3C(F)(F)F)n[nH]c2[C@H](C)O1. The summed E-state index contributed by atoms with van der Waals surface area (Å²) in [7, 11) is 0. The van der Waals surface area contributed by atoms with Crippen LogP contribution in [0, 0.1) is 0 Å². The lowest BCUT2D eigenvalue weighted by Gasteiger charge is -2.25. The van der Waals surface area contributed by atoms with Crippen LogP contribution in [0.2, 0.25) is 0 Å². The number of aromatic amines is 2. The summed E-state index contributed by atoms with van der Waals surface area (Å²) in [5.41, 5.74) is 0.937. The number of H-pyrrole nitrogens is 2. The Bertz CT molecular complexity index is 768. The van der Waals surface area contributed by atoms with E-state index < -0.39 is 17.8 Å². The topological polar surface area (TPSA) is 95.7 Å². The third kappa shape index (κ3) is 3.53. The molecule has 0 bridgehead atoms. The highest BCUT2D eigenvalue weighted by Crippen LogP contribution is 2.31. The van der Waals surface area contributed by atoms with Gasteiger partial charge >= 0.3 is 6.18 Å². The summed E-state index contributed by atoms with van der Waals surface area (Å²) in [6.45, 7) is 3.82. The van der Waals surface area contributed by atoms with E-state index in [2.05, 4.69) is 20.6 Å². The average molecular weight is 357 g/mol. The number of fused-ring (bicyclic) bond motifs is 1. The lowest BCUT2D eigenvalue weighted by Crippen LogP contribution is -2.29. The van der Waals surface area contributed by atoms with E-state index in [0.717, 1.165) is 17.5 Å². The van der Waals surface area contributed by atoms with E-state index in [1.54, 1.807) is 0 Å². The number of amides is 1. The first-order chi connectivity index (χ1) is 11.8. The fourth-order valence-electron chi connectivity index (χ4n) is 3.00. The molecule has 2 aromatic rings. The number of carbonyl (C=O) groups excluding carboxylic acids is 1. The van der Waals surface area contributed by atoms with Gasteiger partial charge in [-0.05, 0) is 20.3 Å². The van der Waals surface area contributed by atoms with Crippen molar-refractivity contribution in [3.63, 3.8) is 0 Å². The Morgan fingerprint density at radius 1 is 1.40 bits per heavy atom. The normalized spacial score (nSPS) is 20.4. The summed E-state index contributed by atoms with van der Waals surface area (Å²) in [5.74, 6) is -0.421. The first-order valence-electron chi connectivity index (χ1n) is 7.87. The van der Waals surface area contributed by atoms with Crippen molar-refractivity contribution in [1.29, 1.82) is 0 Å². The zero-order chi connectivity index (χ0) is 18.2. The van der Waals surface area contributed by atoms with E-state index in [-0.39, 0.29) is 36.4 Å². The molecule has 1 aliphatic heterocycles. The smallest absolute Gasteiger partial charge is 0.369 e. The summed E-state index contributed by atoms with van der Waals surface area (Å²) in [4.78, 5) is 12.3. The van der Waals surface area contributed by atoms with Gasteiger partial charge in [0.1, 0.15) is 5.69 Å². The minimum atomic E-state index is -4.50. The molecule has 3 heterocycles.